The Morgan fingerprint density at radius 1 is 1.13 bits per heavy atom. The van der Waals surface area contributed by atoms with Crippen molar-refractivity contribution in [2.24, 2.45) is 0 Å². The number of hydrogen-bond donors (Lipinski definition) is 2. The number of anilines is 3. The van der Waals surface area contributed by atoms with Crippen LogP contribution >= 0.6 is 11.3 Å². The zero-order chi connectivity index (χ0) is 26.4. The van der Waals surface area contributed by atoms with Crippen molar-refractivity contribution in [3.8, 4) is 11.5 Å². The number of nitrogens with one attached hydrogen (secondary N) is 2. The number of amides is 3. The Hall–Kier alpha value is -4.02. The first-order chi connectivity index (χ1) is 18.4. The molecule has 2 aromatic carbocycles. The number of carbonyl (C=O) groups excluding carboxylic acids is 2. The standard InChI is InChI=1S/C28H26FN5O3S/c1-16-12-20(37-19-6-4-3-5-7-19)8-9-21(16)34-22-10-11-30-27-23(22)24(32-28(34)36)25(38-27)26(35)31-18-13-17(29)14-33(2)15-18/h3-12,17-18H,13-15H2,1-2H3,(H,31,35)(H,32,36)/t17-,18+/m0/s1. The van der Waals surface area contributed by atoms with Crippen LogP contribution in [0.15, 0.2) is 60.8 Å². The first-order valence-electron chi connectivity index (χ1n) is 12.4. The number of urea groups is 1. The molecule has 0 bridgehead atoms. The van der Waals surface area contributed by atoms with E-state index < -0.39 is 6.17 Å². The summed E-state index contributed by atoms with van der Waals surface area (Å²) in [5.74, 6) is 1.05. The molecule has 4 heterocycles. The van der Waals surface area contributed by atoms with Crippen LogP contribution in [0.4, 0.5) is 26.2 Å². The SMILES string of the molecule is Cc1cc(Oc2ccccc2)ccc1N1C(=O)Nc2c(C(=O)N[C@@H]3C[C@H](F)CN(C)C3)sc3nccc1c23. The van der Waals surface area contributed by atoms with Crippen molar-refractivity contribution in [1.29, 1.82) is 0 Å². The van der Waals surface area contributed by atoms with Gasteiger partial charge in [-0.1, -0.05) is 18.2 Å². The number of alkyl halides is 1. The fraction of sp³-hybridized carbons (Fsp3) is 0.250. The zero-order valence-electron chi connectivity index (χ0n) is 20.9. The number of aryl methyl sites for hydroxylation is 1. The lowest BCUT2D eigenvalue weighted by Gasteiger charge is -2.32. The molecule has 1 saturated heterocycles. The topological polar surface area (TPSA) is 86.8 Å². The minimum atomic E-state index is -0.992. The molecule has 38 heavy (non-hydrogen) atoms. The van der Waals surface area contributed by atoms with E-state index in [4.69, 9.17) is 4.74 Å². The number of thiophene rings is 1. The van der Waals surface area contributed by atoms with E-state index in [0.717, 1.165) is 11.3 Å². The molecule has 2 aliphatic rings. The molecule has 10 heteroatoms. The number of aromatic nitrogens is 1. The molecular weight excluding hydrogens is 505 g/mol. The van der Waals surface area contributed by atoms with Crippen molar-refractivity contribution < 1.29 is 18.7 Å². The molecule has 194 valence electrons. The lowest BCUT2D eigenvalue weighted by molar-refractivity contribution is 0.0868. The van der Waals surface area contributed by atoms with Gasteiger partial charge in [0.15, 0.2) is 0 Å². The predicted molar refractivity (Wildman–Crippen MR) is 147 cm³/mol. The average molecular weight is 532 g/mol. The normalized spacial score (nSPS) is 19.3. The number of piperidine rings is 1. The van der Waals surface area contributed by atoms with Crippen LogP contribution in [0.3, 0.4) is 0 Å². The molecule has 0 unspecified atom stereocenters. The molecule has 4 aromatic rings. The summed E-state index contributed by atoms with van der Waals surface area (Å²) < 4.78 is 20.0. The van der Waals surface area contributed by atoms with E-state index >= 15 is 0 Å². The van der Waals surface area contributed by atoms with Gasteiger partial charge in [0.05, 0.1) is 22.4 Å². The summed E-state index contributed by atoms with van der Waals surface area (Å²) in [6.07, 6.45) is 0.912. The van der Waals surface area contributed by atoms with Crippen molar-refractivity contribution in [2.75, 3.05) is 30.4 Å². The number of likely N-dealkylation sites (tertiary alicyclic amines) is 1. The Kier molecular flexibility index (Phi) is 6.21. The van der Waals surface area contributed by atoms with Gasteiger partial charge in [-0.3, -0.25) is 9.69 Å². The lowest BCUT2D eigenvalue weighted by atomic mass is 10.0. The van der Waals surface area contributed by atoms with E-state index in [2.05, 4.69) is 15.6 Å². The fourth-order valence-corrected chi connectivity index (χ4v) is 6.18. The Bertz CT molecular complexity index is 1530. The quantitative estimate of drug-likeness (QED) is 0.337. The van der Waals surface area contributed by atoms with Crippen molar-refractivity contribution in [1.82, 2.24) is 15.2 Å². The summed E-state index contributed by atoms with van der Waals surface area (Å²) in [7, 11) is 1.83. The number of ether oxygens (including phenoxy) is 1. The molecule has 0 saturated carbocycles. The lowest BCUT2D eigenvalue weighted by Crippen LogP contribution is -2.50. The van der Waals surface area contributed by atoms with Gasteiger partial charge < -0.3 is 20.3 Å². The fourth-order valence-electron chi connectivity index (χ4n) is 5.15. The maximum Gasteiger partial charge on any atom is 0.331 e. The highest BCUT2D eigenvalue weighted by atomic mass is 32.1. The molecule has 6 rings (SSSR count). The van der Waals surface area contributed by atoms with Crippen molar-refractivity contribution in [2.45, 2.75) is 25.6 Å². The highest BCUT2D eigenvalue weighted by molar-refractivity contribution is 7.21. The van der Waals surface area contributed by atoms with Gasteiger partial charge in [0.25, 0.3) is 5.91 Å². The van der Waals surface area contributed by atoms with E-state index in [0.29, 0.717) is 51.0 Å². The molecule has 1 fully saturated rings. The monoisotopic (exact) mass is 531 g/mol. The number of halogens is 1. The van der Waals surface area contributed by atoms with Gasteiger partial charge in [0.1, 0.15) is 27.4 Å². The summed E-state index contributed by atoms with van der Waals surface area (Å²) in [6.45, 7) is 2.85. The second-order valence-corrected chi connectivity index (χ2v) is 10.7. The van der Waals surface area contributed by atoms with Gasteiger partial charge >= 0.3 is 6.03 Å². The largest absolute Gasteiger partial charge is 0.457 e. The van der Waals surface area contributed by atoms with E-state index in [1.807, 2.05) is 67.4 Å². The molecule has 8 nitrogen and oxygen atoms in total. The number of carbonyl (C=O) groups is 2. The molecule has 2 N–H and O–H groups in total. The van der Waals surface area contributed by atoms with Gasteiger partial charge in [-0.15, -0.1) is 11.3 Å². The molecule has 0 spiro atoms. The third-order valence-corrected chi connectivity index (χ3v) is 7.85. The Balaban J connectivity index is 1.32. The molecule has 0 radical (unpaired) electrons. The number of benzene rings is 2. The third kappa shape index (κ3) is 4.46. The zero-order valence-corrected chi connectivity index (χ0v) is 21.7. The highest BCUT2D eigenvalue weighted by Gasteiger charge is 2.34. The van der Waals surface area contributed by atoms with Crippen molar-refractivity contribution in [3.63, 3.8) is 0 Å². The molecule has 2 aromatic heterocycles. The number of likely N-dealkylation sites (N-methyl/N-ethyl adjacent to an activating group) is 1. The number of rotatable bonds is 5. The smallest absolute Gasteiger partial charge is 0.331 e. The molecule has 2 atom stereocenters. The minimum Gasteiger partial charge on any atom is -0.457 e. The summed E-state index contributed by atoms with van der Waals surface area (Å²) in [4.78, 5) is 35.6. The first kappa shape index (κ1) is 24.3. The van der Waals surface area contributed by atoms with Crippen LogP contribution in [0.25, 0.3) is 10.2 Å². The Labute approximate surface area is 223 Å². The van der Waals surface area contributed by atoms with Gasteiger partial charge in [0, 0.05) is 31.7 Å². The van der Waals surface area contributed by atoms with E-state index in [9.17, 15) is 14.0 Å². The number of nitrogens with zero attached hydrogens (tertiary/aromatic N) is 3. The average Bonchev–Trinajstić information content (AvgIpc) is 3.25. The number of hydrogen-bond acceptors (Lipinski definition) is 6. The van der Waals surface area contributed by atoms with Gasteiger partial charge in [0.2, 0.25) is 0 Å². The molecule has 3 amide bonds. The predicted octanol–water partition coefficient (Wildman–Crippen LogP) is 5.85. The number of para-hydroxylation sites is 1. The van der Waals surface area contributed by atoms with Crippen LogP contribution in [-0.2, 0) is 0 Å². The summed E-state index contributed by atoms with van der Waals surface area (Å²) >= 11 is 1.22. The van der Waals surface area contributed by atoms with Crippen LogP contribution in [0.5, 0.6) is 11.5 Å². The van der Waals surface area contributed by atoms with Gasteiger partial charge in [-0.05, 0) is 55.9 Å². The second kappa shape index (κ2) is 9.70. The van der Waals surface area contributed by atoms with Crippen LogP contribution in [0, 0.1) is 6.92 Å². The van der Waals surface area contributed by atoms with E-state index in [1.165, 1.54) is 11.3 Å². The minimum absolute atomic E-state index is 0.267. The third-order valence-electron chi connectivity index (χ3n) is 6.76. The van der Waals surface area contributed by atoms with Gasteiger partial charge in [-0.2, -0.15) is 0 Å². The summed E-state index contributed by atoms with van der Waals surface area (Å²) in [6, 6.07) is 16.1. The van der Waals surface area contributed by atoms with E-state index in [1.54, 1.807) is 17.2 Å². The molecular formula is C28H26FN5O3S. The second-order valence-electron chi connectivity index (χ2n) is 9.67. The Morgan fingerprint density at radius 3 is 2.71 bits per heavy atom. The van der Waals surface area contributed by atoms with Crippen molar-refractivity contribution >= 4 is 50.6 Å². The maximum atomic E-state index is 14.1. The summed E-state index contributed by atoms with van der Waals surface area (Å²) in [5, 5.41) is 6.58. The maximum absolute atomic E-state index is 14.1. The van der Waals surface area contributed by atoms with Crippen molar-refractivity contribution in [3.05, 3.63) is 71.2 Å². The van der Waals surface area contributed by atoms with Crippen LogP contribution in [0.1, 0.15) is 21.7 Å². The van der Waals surface area contributed by atoms with E-state index in [-0.39, 0.29) is 24.4 Å². The highest BCUT2D eigenvalue weighted by Crippen LogP contribution is 2.46. The van der Waals surface area contributed by atoms with Gasteiger partial charge in [-0.25, -0.2) is 14.2 Å². The summed E-state index contributed by atoms with van der Waals surface area (Å²) in [5.41, 5.74) is 2.62. The molecule has 0 aliphatic carbocycles. The van der Waals surface area contributed by atoms with Crippen LogP contribution in [0.2, 0.25) is 0 Å². The number of pyridine rings is 1. The molecule has 2 aliphatic heterocycles. The Morgan fingerprint density at radius 2 is 1.95 bits per heavy atom. The van der Waals surface area contributed by atoms with Crippen LogP contribution < -0.4 is 20.3 Å². The first-order valence-corrected chi connectivity index (χ1v) is 13.2. The van der Waals surface area contributed by atoms with Crippen LogP contribution in [-0.4, -0.2) is 54.2 Å².